The Kier molecular flexibility index (Phi) is 7.10. The molecule has 4 aliphatic heterocycles. The van der Waals surface area contributed by atoms with Crippen LogP contribution in [0.4, 0.5) is 4.39 Å². The van der Waals surface area contributed by atoms with Crippen LogP contribution >= 0.6 is 14.5 Å². The van der Waals surface area contributed by atoms with Crippen molar-refractivity contribution in [3.8, 4) is 0 Å². The first-order valence-corrected chi connectivity index (χ1v) is 15.6. The number of aromatic nitrogens is 4. The lowest BCUT2D eigenvalue weighted by molar-refractivity contribution is -0.119. The predicted molar refractivity (Wildman–Crippen MR) is 134 cm³/mol. The Bertz CT molecular complexity index is 1540. The number of hydrogen-bond acceptors (Lipinski definition) is 14. The molecule has 2 aromatic rings. The quantitative estimate of drug-likeness (QED) is 0.290. The molecule has 0 aliphatic carbocycles. The average molecular weight is 619 g/mol. The van der Waals surface area contributed by atoms with Gasteiger partial charge in [0.2, 0.25) is 5.96 Å². The van der Waals surface area contributed by atoms with Crippen molar-refractivity contribution in [3.05, 3.63) is 18.3 Å². The number of alkyl halides is 1. The highest BCUT2D eigenvalue weighted by Crippen LogP contribution is 2.50. The monoisotopic (exact) mass is 619 g/mol. The molecule has 0 aromatic carbocycles. The number of nitrogens with zero attached hydrogens (tertiary/aromatic N) is 7. The molecule has 0 radical (unpaired) electrons. The molecule has 4 N–H and O–H groups in total. The van der Waals surface area contributed by atoms with Crippen molar-refractivity contribution in [2.45, 2.75) is 43.8 Å². The number of hydrogen-bond donors (Lipinski definition) is 4. The summed E-state index contributed by atoms with van der Waals surface area (Å²) < 4.78 is 56.6. The number of nitrogens with one attached hydrogen (secondary N) is 2. The van der Waals surface area contributed by atoms with Gasteiger partial charge in [-0.1, -0.05) is 0 Å². The maximum atomic E-state index is 15.7. The number of aliphatic imine (C=N–C) groups is 2. The Morgan fingerprint density at radius 2 is 2.10 bits per heavy atom. The lowest BCUT2D eigenvalue weighted by Crippen LogP contribution is -2.53. The molecule has 1 saturated heterocycles. The zero-order valence-electron chi connectivity index (χ0n) is 20.0. The Hall–Kier alpha value is -2.64. The number of amidine groups is 1. The molecule has 0 saturated carbocycles. The van der Waals surface area contributed by atoms with Gasteiger partial charge in [-0.2, -0.15) is 4.99 Å². The Labute approximate surface area is 228 Å². The molecule has 6 rings (SSSR count). The van der Waals surface area contributed by atoms with Crippen LogP contribution < -0.4 is 5.32 Å². The van der Waals surface area contributed by atoms with E-state index in [1.807, 2.05) is 0 Å². The van der Waals surface area contributed by atoms with Crippen LogP contribution in [0.5, 0.6) is 0 Å². The van der Waals surface area contributed by atoms with Crippen LogP contribution in [0.15, 0.2) is 22.5 Å². The third-order valence-corrected chi connectivity index (χ3v) is 8.70. The molecule has 6 heterocycles. The molecule has 1 amide bonds. The van der Waals surface area contributed by atoms with Gasteiger partial charge >= 0.3 is 14.5 Å². The SMILES string of the molecule is N=C1N=C2C(N=CN2[C@H]2O[C@@H]3COP(=O)(O)OCCn4c(nc5cncnc54)COP(O)(=S)O[C@@H]2[C@H]3F)C(=O)N1. The molecule has 7 atom stereocenters. The highest BCUT2D eigenvalue weighted by molar-refractivity contribution is 8.07. The number of phosphoric acid groups is 1. The first kappa shape index (κ1) is 27.5. The van der Waals surface area contributed by atoms with Gasteiger partial charge in [0.15, 0.2) is 29.9 Å². The minimum atomic E-state index is -4.69. The van der Waals surface area contributed by atoms with Crippen molar-refractivity contribution in [1.29, 1.82) is 5.41 Å². The van der Waals surface area contributed by atoms with Crippen LogP contribution in [0.2, 0.25) is 0 Å². The van der Waals surface area contributed by atoms with Crippen LogP contribution in [-0.2, 0) is 57.1 Å². The molecule has 214 valence electrons. The number of carbonyl (C=O) groups excluding carboxylic acids is 1. The normalized spacial score (nSPS) is 36.9. The van der Waals surface area contributed by atoms with Crippen molar-refractivity contribution in [3.63, 3.8) is 0 Å². The van der Waals surface area contributed by atoms with Crippen molar-refractivity contribution >= 4 is 61.6 Å². The topological polar surface area (TPSA) is 228 Å². The standard InChI is InChI=1S/C18H20FN9O9P2S/c19-11-9-4-34-38(30,31)33-2-1-27-10(24-8-3-21-6-22-14(8)27)5-35-39(32,40)37-13(11)17(36-9)28-7-23-12-15(28)25-18(20)26-16(12)29/h3,6-7,9,11-13,17H,1-2,4-5H2,(H,30,31)(H,32,40)(H2,20,26,29)/t9-,11+,12?,13-,17+,39?/m1/s1. The summed E-state index contributed by atoms with van der Waals surface area (Å²) in [4.78, 5) is 54.9. The average Bonchev–Trinajstić information content (AvgIpc) is 3.55. The van der Waals surface area contributed by atoms with Gasteiger partial charge in [0.05, 0.1) is 25.7 Å². The van der Waals surface area contributed by atoms with E-state index in [4.69, 9.17) is 40.0 Å². The maximum absolute atomic E-state index is 15.7. The first-order chi connectivity index (χ1) is 19.0. The molecular weight excluding hydrogens is 599 g/mol. The Balaban J connectivity index is 1.33. The fourth-order valence-electron chi connectivity index (χ4n) is 4.44. The third-order valence-electron chi connectivity index (χ3n) is 6.18. The molecule has 22 heteroatoms. The highest BCUT2D eigenvalue weighted by atomic mass is 32.5. The van der Waals surface area contributed by atoms with Crippen molar-refractivity contribution in [2.24, 2.45) is 9.98 Å². The van der Waals surface area contributed by atoms with Gasteiger partial charge in [-0.15, -0.1) is 0 Å². The third kappa shape index (κ3) is 5.23. The van der Waals surface area contributed by atoms with E-state index >= 15 is 4.39 Å². The van der Waals surface area contributed by atoms with E-state index < -0.39 is 70.3 Å². The Morgan fingerprint density at radius 3 is 2.92 bits per heavy atom. The molecule has 18 nitrogen and oxygen atoms in total. The van der Waals surface area contributed by atoms with Gasteiger partial charge < -0.3 is 23.6 Å². The fraction of sp³-hybridized carbons (Fsp3) is 0.500. The summed E-state index contributed by atoms with van der Waals surface area (Å²) in [5.74, 6) is -0.987. The molecular formula is C18H20FN9O9P2S. The summed E-state index contributed by atoms with van der Waals surface area (Å²) in [7, 11) is -4.69. The van der Waals surface area contributed by atoms with E-state index in [0.717, 1.165) is 11.2 Å². The van der Waals surface area contributed by atoms with Gasteiger partial charge in [0.1, 0.15) is 36.5 Å². The number of amides is 1. The van der Waals surface area contributed by atoms with Gasteiger partial charge in [-0.05, 0) is 11.8 Å². The van der Waals surface area contributed by atoms with E-state index in [0.29, 0.717) is 11.2 Å². The number of fused-ring (bicyclic) bond motifs is 6. The van der Waals surface area contributed by atoms with Gasteiger partial charge in [0.25, 0.3) is 5.91 Å². The fourth-order valence-corrected chi connectivity index (χ4v) is 6.49. The van der Waals surface area contributed by atoms with Crippen molar-refractivity contribution in [1.82, 2.24) is 29.7 Å². The second-order valence-corrected chi connectivity index (χ2v) is 13.0. The number of carbonyl (C=O) groups is 1. The summed E-state index contributed by atoms with van der Waals surface area (Å²) in [5.41, 5.74) is 0.712. The summed E-state index contributed by atoms with van der Waals surface area (Å²) in [6.45, 7) is -5.73. The number of rotatable bonds is 1. The molecule has 4 aliphatic rings. The van der Waals surface area contributed by atoms with Crippen molar-refractivity contribution < 1.29 is 46.4 Å². The maximum Gasteiger partial charge on any atom is 0.472 e. The second-order valence-electron chi connectivity index (χ2n) is 8.71. The van der Waals surface area contributed by atoms with Crippen LogP contribution in [0, 0.1) is 5.41 Å². The van der Waals surface area contributed by atoms with Crippen LogP contribution in [0.1, 0.15) is 5.82 Å². The summed E-state index contributed by atoms with van der Waals surface area (Å²) in [6, 6.07) is -1.14. The molecule has 40 heavy (non-hydrogen) atoms. The number of ether oxygens (including phenoxy) is 1. The molecule has 2 aromatic heterocycles. The highest BCUT2D eigenvalue weighted by Gasteiger charge is 2.54. The van der Waals surface area contributed by atoms with E-state index in [1.54, 1.807) is 0 Å². The number of imidazole rings is 1. The molecule has 1 fully saturated rings. The minimum Gasteiger partial charge on any atom is -0.346 e. The lowest BCUT2D eigenvalue weighted by atomic mass is 10.1. The number of guanidine groups is 1. The lowest BCUT2D eigenvalue weighted by Gasteiger charge is -2.31. The van der Waals surface area contributed by atoms with E-state index in [1.165, 1.54) is 17.1 Å². The summed E-state index contributed by atoms with van der Waals surface area (Å²) in [6.07, 6.45) is -2.87. The van der Waals surface area contributed by atoms with Crippen molar-refractivity contribution in [2.75, 3.05) is 13.2 Å². The van der Waals surface area contributed by atoms with Crippen LogP contribution in [-0.4, -0.2) is 102 Å². The van der Waals surface area contributed by atoms with Crippen LogP contribution in [0.25, 0.3) is 11.2 Å². The van der Waals surface area contributed by atoms with E-state index in [-0.39, 0.29) is 24.8 Å². The van der Waals surface area contributed by atoms with Gasteiger partial charge in [0, 0.05) is 6.54 Å². The second kappa shape index (κ2) is 10.3. The molecule has 0 spiro atoms. The zero-order chi connectivity index (χ0) is 28.2. The summed E-state index contributed by atoms with van der Waals surface area (Å²) in [5, 5.41) is 9.95. The first-order valence-electron chi connectivity index (χ1n) is 11.5. The minimum absolute atomic E-state index is 0.0220. The van der Waals surface area contributed by atoms with Gasteiger partial charge in [-0.3, -0.25) is 39.0 Å². The smallest absolute Gasteiger partial charge is 0.346 e. The number of phosphoric ester groups is 1. The van der Waals surface area contributed by atoms with Crippen LogP contribution in [0.3, 0.4) is 0 Å². The largest absolute Gasteiger partial charge is 0.472 e. The predicted octanol–water partition coefficient (Wildman–Crippen LogP) is -0.669. The Morgan fingerprint density at radius 1 is 1.27 bits per heavy atom. The summed E-state index contributed by atoms with van der Waals surface area (Å²) >= 11 is 5.17. The molecule has 2 bridgehead atoms. The zero-order valence-corrected chi connectivity index (χ0v) is 22.6. The number of halogens is 1. The van der Waals surface area contributed by atoms with E-state index in [9.17, 15) is 19.1 Å². The van der Waals surface area contributed by atoms with Gasteiger partial charge in [-0.25, -0.2) is 23.9 Å². The molecule has 3 unspecified atom stereocenters. The van der Waals surface area contributed by atoms with E-state index in [2.05, 4.69) is 30.3 Å².